The summed E-state index contributed by atoms with van der Waals surface area (Å²) in [5.74, 6) is -2.08. The van der Waals surface area contributed by atoms with E-state index in [-0.39, 0.29) is 20.3 Å². The van der Waals surface area contributed by atoms with Crippen LogP contribution in [0.5, 0.6) is 0 Å². The lowest BCUT2D eigenvalue weighted by Crippen LogP contribution is -2.56. The molecule has 0 bridgehead atoms. The molecule has 0 unspecified atom stereocenters. The summed E-state index contributed by atoms with van der Waals surface area (Å²) in [6.07, 6.45) is 8.10. The summed E-state index contributed by atoms with van der Waals surface area (Å²) in [4.78, 5) is 53.3. The number of imidazole rings is 1. The van der Waals surface area contributed by atoms with Crippen LogP contribution in [0, 0.1) is 6.92 Å². The minimum absolute atomic E-state index is 0. The highest BCUT2D eigenvalue weighted by atomic mass is 16.4. The third-order valence-electron chi connectivity index (χ3n) is 6.57. The minimum Gasteiger partial charge on any atom is -0.480 e. The summed E-state index contributed by atoms with van der Waals surface area (Å²) >= 11 is 0. The van der Waals surface area contributed by atoms with Gasteiger partial charge in [-0.05, 0) is 70.0 Å². The SMILES string of the molecule is C.Cc1nccn1CCCCc1ccc(CC(=O)N[C@@H](CO)C(=O)N[C@@H](CCCCN)C(=O)N[C@@H](C)C(=O)O)cc1. The lowest BCUT2D eigenvalue weighted by atomic mass is 10.0. The van der Waals surface area contributed by atoms with Gasteiger partial charge in [0.15, 0.2) is 0 Å². The van der Waals surface area contributed by atoms with E-state index in [1.165, 1.54) is 6.92 Å². The van der Waals surface area contributed by atoms with Gasteiger partial charge < -0.3 is 36.5 Å². The number of aliphatic hydroxyl groups is 1. The van der Waals surface area contributed by atoms with Crippen LogP contribution in [-0.4, -0.2) is 74.7 Å². The third kappa shape index (κ3) is 12.5. The van der Waals surface area contributed by atoms with Crippen molar-refractivity contribution in [2.75, 3.05) is 13.2 Å². The van der Waals surface area contributed by atoms with Gasteiger partial charge in [-0.1, -0.05) is 31.7 Å². The molecule has 0 saturated carbocycles. The summed E-state index contributed by atoms with van der Waals surface area (Å²) in [5, 5.41) is 26.2. The van der Waals surface area contributed by atoms with E-state index in [9.17, 15) is 24.3 Å². The van der Waals surface area contributed by atoms with E-state index in [0.29, 0.717) is 19.4 Å². The molecule has 2 rings (SSSR count). The maximum absolute atomic E-state index is 12.8. The number of nitrogens with one attached hydrogen (secondary N) is 3. The van der Waals surface area contributed by atoms with Crippen molar-refractivity contribution in [2.45, 2.75) is 90.9 Å². The molecule has 3 atom stereocenters. The number of aliphatic hydroxyl groups excluding tert-OH is 1. The van der Waals surface area contributed by atoms with Crippen molar-refractivity contribution in [3.8, 4) is 0 Å². The number of amides is 3. The van der Waals surface area contributed by atoms with E-state index < -0.39 is 48.4 Å². The number of aliphatic carboxylic acids is 1. The van der Waals surface area contributed by atoms with Gasteiger partial charge in [0, 0.05) is 18.9 Å². The molecule has 228 valence electrons. The fourth-order valence-electron chi connectivity index (χ4n) is 4.11. The largest absolute Gasteiger partial charge is 0.480 e. The predicted molar refractivity (Wildman–Crippen MR) is 156 cm³/mol. The molecule has 1 heterocycles. The Morgan fingerprint density at radius 1 is 0.951 bits per heavy atom. The molecule has 0 fully saturated rings. The van der Waals surface area contributed by atoms with Crippen molar-refractivity contribution < 1.29 is 29.4 Å². The molecule has 0 aliphatic carbocycles. The normalized spacial score (nSPS) is 12.9. The van der Waals surface area contributed by atoms with Crippen molar-refractivity contribution in [3.05, 3.63) is 53.6 Å². The Labute approximate surface area is 242 Å². The Kier molecular flexibility index (Phi) is 16.0. The molecule has 0 spiro atoms. The van der Waals surface area contributed by atoms with Gasteiger partial charge in [0.2, 0.25) is 17.7 Å². The number of rotatable bonds is 18. The molecule has 0 saturated heterocycles. The highest BCUT2D eigenvalue weighted by molar-refractivity contribution is 5.93. The van der Waals surface area contributed by atoms with Crippen molar-refractivity contribution in [3.63, 3.8) is 0 Å². The highest BCUT2D eigenvalue weighted by Crippen LogP contribution is 2.10. The number of aromatic nitrogens is 2. The summed E-state index contributed by atoms with van der Waals surface area (Å²) in [7, 11) is 0. The fourth-order valence-corrected chi connectivity index (χ4v) is 4.11. The molecular formula is C29H46N6O6. The van der Waals surface area contributed by atoms with E-state index in [4.69, 9.17) is 10.8 Å². The van der Waals surface area contributed by atoms with Gasteiger partial charge in [-0.25, -0.2) is 4.98 Å². The second kappa shape index (κ2) is 18.6. The maximum Gasteiger partial charge on any atom is 0.325 e. The van der Waals surface area contributed by atoms with Crippen molar-refractivity contribution in [1.82, 2.24) is 25.5 Å². The smallest absolute Gasteiger partial charge is 0.325 e. The van der Waals surface area contributed by atoms with Crippen molar-refractivity contribution in [2.24, 2.45) is 5.73 Å². The lowest BCUT2D eigenvalue weighted by Gasteiger charge is -2.23. The van der Waals surface area contributed by atoms with Crippen molar-refractivity contribution in [1.29, 1.82) is 0 Å². The molecule has 41 heavy (non-hydrogen) atoms. The van der Waals surface area contributed by atoms with Crippen molar-refractivity contribution >= 4 is 23.7 Å². The lowest BCUT2D eigenvalue weighted by molar-refractivity contribution is -0.141. The van der Waals surface area contributed by atoms with Crippen LogP contribution < -0.4 is 21.7 Å². The molecular weight excluding hydrogens is 528 g/mol. The van der Waals surface area contributed by atoms with E-state index >= 15 is 0 Å². The third-order valence-corrected chi connectivity index (χ3v) is 6.57. The van der Waals surface area contributed by atoms with Crippen LogP contribution >= 0.6 is 0 Å². The highest BCUT2D eigenvalue weighted by Gasteiger charge is 2.27. The second-order valence-electron chi connectivity index (χ2n) is 9.84. The molecule has 12 nitrogen and oxygen atoms in total. The number of hydrogen-bond acceptors (Lipinski definition) is 7. The quantitative estimate of drug-likeness (QED) is 0.143. The Balaban J connectivity index is 0.00000840. The molecule has 0 aliphatic heterocycles. The van der Waals surface area contributed by atoms with Gasteiger partial charge in [-0.2, -0.15) is 0 Å². The summed E-state index contributed by atoms with van der Waals surface area (Å²) in [6, 6.07) is 4.23. The molecule has 12 heteroatoms. The van der Waals surface area contributed by atoms with Gasteiger partial charge in [-0.15, -0.1) is 0 Å². The van der Waals surface area contributed by atoms with Gasteiger partial charge in [0.1, 0.15) is 23.9 Å². The van der Waals surface area contributed by atoms with E-state index in [1.54, 1.807) is 6.20 Å². The Morgan fingerprint density at radius 3 is 2.20 bits per heavy atom. The average molecular weight is 575 g/mol. The summed E-state index contributed by atoms with van der Waals surface area (Å²) < 4.78 is 2.12. The van der Waals surface area contributed by atoms with Crippen LogP contribution in [-0.2, 0) is 38.6 Å². The number of benzene rings is 1. The number of hydrogen-bond donors (Lipinski definition) is 6. The first-order valence-electron chi connectivity index (χ1n) is 13.6. The zero-order valence-corrected chi connectivity index (χ0v) is 23.3. The number of nitrogens with zero attached hydrogens (tertiary/aromatic N) is 2. The van der Waals surface area contributed by atoms with E-state index in [2.05, 4.69) is 25.5 Å². The molecule has 7 N–H and O–H groups in total. The van der Waals surface area contributed by atoms with Crippen LogP contribution in [0.25, 0.3) is 0 Å². The Hall–Kier alpha value is -3.77. The van der Waals surface area contributed by atoms with Gasteiger partial charge >= 0.3 is 5.97 Å². The van der Waals surface area contributed by atoms with Crippen LogP contribution in [0.15, 0.2) is 36.7 Å². The number of aryl methyl sites for hydroxylation is 3. The number of unbranched alkanes of at least 4 members (excludes halogenated alkanes) is 2. The molecule has 1 aromatic carbocycles. The van der Waals surface area contributed by atoms with Crippen LogP contribution in [0.2, 0.25) is 0 Å². The number of carbonyl (C=O) groups excluding carboxylic acids is 3. The first kappa shape index (κ1) is 35.3. The molecule has 2 aromatic rings. The van der Waals surface area contributed by atoms with Crippen LogP contribution in [0.4, 0.5) is 0 Å². The number of carbonyl (C=O) groups is 4. The molecule has 3 amide bonds. The first-order valence-corrected chi connectivity index (χ1v) is 13.6. The number of carboxylic acid groups (broad SMARTS) is 1. The maximum atomic E-state index is 12.8. The van der Waals surface area contributed by atoms with E-state index in [1.807, 2.05) is 37.4 Å². The number of carboxylic acids is 1. The van der Waals surface area contributed by atoms with Crippen LogP contribution in [0.1, 0.15) is 63.4 Å². The molecule has 1 aromatic heterocycles. The Bertz CT molecular complexity index is 1100. The summed E-state index contributed by atoms with van der Waals surface area (Å²) in [5.41, 5.74) is 7.43. The topological polar surface area (TPSA) is 189 Å². The Morgan fingerprint density at radius 2 is 1.61 bits per heavy atom. The first-order chi connectivity index (χ1) is 19.1. The monoisotopic (exact) mass is 574 g/mol. The zero-order valence-electron chi connectivity index (χ0n) is 23.3. The average Bonchev–Trinajstić information content (AvgIpc) is 3.34. The molecule has 0 radical (unpaired) electrons. The number of nitrogens with two attached hydrogens (primary N) is 1. The van der Waals surface area contributed by atoms with E-state index in [0.717, 1.165) is 42.8 Å². The zero-order chi connectivity index (χ0) is 29.5. The molecule has 0 aliphatic rings. The second-order valence-corrected chi connectivity index (χ2v) is 9.84. The van der Waals surface area contributed by atoms with Gasteiger partial charge in [0.25, 0.3) is 0 Å². The summed E-state index contributed by atoms with van der Waals surface area (Å²) in [6.45, 7) is 3.94. The van der Waals surface area contributed by atoms with Crippen LogP contribution in [0.3, 0.4) is 0 Å². The fraction of sp³-hybridized carbons (Fsp3) is 0.552. The standard InChI is InChI=1S/C28H42N6O6.CH4/c1-19(28(39)40)31-26(37)23(8-3-5-13-29)33-27(38)24(18-35)32-25(36)17-22-11-9-21(10-12-22)7-4-6-15-34-16-14-30-20(34)2;/h9-12,14,16,19,23-24,35H,3-8,13,15,17-18,29H2,1-2H3,(H,31,37)(H,32,36)(H,33,38)(H,39,40);1H4/t19-,23-,24-;/m0./s1. The van der Waals surface area contributed by atoms with Gasteiger partial charge in [-0.3, -0.25) is 19.2 Å². The minimum atomic E-state index is -1.27. The predicted octanol–water partition coefficient (Wildman–Crippen LogP) is 1.07. The van der Waals surface area contributed by atoms with Gasteiger partial charge in [0.05, 0.1) is 13.0 Å².